The van der Waals surface area contributed by atoms with Crippen molar-refractivity contribution in [1.82, 2.24) is 9.97 Å². The second-order valence-corrected chi connectivity index (χ2v) is 6.81. The standard InChI is InChI=1S/C21H16N2O4S/c1-14-17(23-20(26-14)19-9-5-11-28-19)13-25-21(24)16-7-2-3-8-18(16)27-15-6-4-10-22-12-15/h2-12H,13H2,1H3. The van der Waals surface area contributed by atoms with Crippen LogP contribution in [0.4, 0.5) is 0 Å². The molecule has 0 fully saturated rings. The van der Waals surface area contributed by atoms with Gasteiger partial charge >= 0.3 is 5.97 Å². The highest BCUT2D eigenvalue weighted by Gasteiger charge is 2.17. The van der Waals surface area contributed by atoms with Crippen LogP contribution in [0.2, 0.25) is 0 Å². The van der Waals surface area contributed by atoms with Crippen LogP contribution >= 0.6 is 11.3 Å². The van der Waals surface area contributed by atoms with Crippen LogP contribution in [0.5, 0.6) is 11.5 Å². The average molecular weight is 392 g/mol. The van der Waals surface area contributed by atoms with Crippen molar-refractivity contribution in [1.29, 1.82) is 0 Å². The van der Waals surface area contributed by atoms with Gasteiger partial charge in [0.2, 0.25) is 5.89 Å². The van der Waals surface area contributed by atoms with Gasteiger partial charge in [-0.3, -0.25) is 4.98 Å². The normalized spacial score (nSPS) is 10.6. The number of thiophene rings is 1. The van der Waals surface area contributed by atoms with Crippen LogP contribution < -0.4 is 4.74 Å². The quantitative estimate of drug-likeness (QED) is 0.417. The maximum Gasteiger partial charge on any atom is 0.342 e. The lowest BCUT2D eigenvalue weighted by Crippen LogP contribution is -2.07. The number of para-hydroxylation sites is 1. The third-order valence-electron chi connectivity index (χ3n) is 3.93. The van der Waals surface area contributed by atoms with Crippen molar-refractivity contribution in [3.8, 4) is 22.3 Å². The van der Waals surface area contributed by atoms with Gasteiger partial charge in [0.1, 0.15) is 35.1 Å². The Kier molecular flexibility index (Phi) is 5.16. The van der Waals surface area contributed by atoms with E-state index in [9.17, 15) is 4.79 Å². The van der Waals surface area contributed by atoms with Crippen LogP contribution in [0.1, 0.15) is 21.8 Å². The first-order valence-corrected chi connectivity index (χ1v) is 9.43. The molecule has 0 bridgehead atoms. The summed E-state index contributed by atoms with van der Waals surface area (Å²) in [6, 6.07) is 14.3. The maximum atomic E-state index is 12.6. The zero-order valence-corrected chi connectivity index (χ0v) is 15.8. The monoisotopic (exact) mass is 392 g/mol. The molecule has 3 aromatic heterocycles. The largest absolute Gasteiger partial charge is 0.455 e. The Balaban J connectivity index is 1.48. The SMILES string of the molecule is Cc1oc(-c2cccs2)nc1COC(=O)c1ccccc1Oc1cccnc1. The van der Waals surface area contributed by atoms with Crippen LogP contribution in [0, 0.1) is 6.92 Å². The summed E-state index contributed by atoms with van der Waals surface area (Å²) in [6.45, 7) is 1.81. The molecule has 0 radical (unpaired) electrons. The first-order chi connectivity index (χ1) is 13.7. The Hall–Kier alpha value is -3.45. The number of nitrogens with zero attached hydrogens (tertiary/aromatic N) is 2. The van der Waals surface area contributed by atoms with Crippen molar-refractivity contribution >= 4 is 17.3 Å². The zero-order chi connectivity index (χ0) is 19.3. The maximum absolute atomic E-state index is 12.6. The van der Waals surface area contributed by atoms with Gasteiger partial charge in [-0.25, -0.2) is 9.78 Å². The first-order valence-electron chi connectivity index (χ1n) is 8.55. The molecule has 0 N–H and O–H groups in total. The van der Waals surface area contributed by atoms with E-state index in [4.69, 9.17) is 13.9 Å². The minimum Gasteiger partial charge on any atom is -0.455 e. The summed E-state index contributed by atoms with van der Waals surface area (Å²) in [5.74, 6) is 1.59. The van der Waals surface area contributed by atoms with Gasteiger partial charge in [-0.15, -0.1) is 11.3 Å². The van der Waals surface area contributed by atoms with Gasteiger partial charge in [0.15, 0.2) is 0 Å². The highest BCUT2D eigenvalue weighted by Crippen LogP contribution is 2.28. The van der Waals surface area contributed by atoms with E-state index in [0.29, 0.717) is 34.4 Å². The van der Waals surface area contributed by atoms with Crippen molar-refractivity contribution in [3.63, 3.8) is 0 Å². The third-order valence-corrected chi connectivity index (χ3v) is 4.79. The first kappa shape index (κ1) is 17.9. The van der Waals surface area contributed by atoms with Gasteiger partial charge in [0, 0.05) is 6.20 Å². The molecule has 0 spiro atoms. The molecule has 1 aromatic carbocycles. The Bertz CT molecular complexity index is 1080. The summed E-state index contributed by atoms with van der Waals surface area (Å²) in [7, 11) is 0. The molecule has 6 nitrogen and oxygen atoms in total. The molecule has 0 aliphatic carbocycles. The number of benzene rings is 1. The number of aromatic nitrogens is 2. The van der Waals surface area contributed by atoms with Gasteiger partial charge in [-0.2, -0.15) is 0 Å². The van der Waals surface area contributed by atoms with Gasteiger partial charge < -0.3 is 13.9 Å². The number of carbonyl (C=O) groups is 1. The van der Waals surface area contributed by atoms with E-state index in [1.54, 1.807) is 55.7 Å². The summed E-state index contributed by atoms with van der Waals surface area (Å²) < 4.78 is 16.9. The number of rotatable bonds is 6. The Morgan fingerprint density at radius 2 is 2.04 bits per heavy atom. The molecule has 28 heavy (non-hydrogen) atoms. The van der Waals surface area contributed by atoms with Crippen LogP contribution in [0.25, 0.3) is 10.8 Å². The number of hydrogen-bond donors (Lipinski definition) is 0. The lowest BCUT2D eigenvalue weighted by Gasteiger charge is -2.10. The number of ether oxygens (including phenoxy) is 2. The van der Waals surface area contributed by atoms with E-state index < -0.39 is 5.97 Å². The van der Waals surface area contributed by atoms with E-state index >= 15 is 0 Å². The van der Waals surface area contributed by atoms with Crippen molar-refractivity contribution in [2.24, 2.45) is 0 Å². The lowest BCUT2D eigenvalue weighted by molar-refractivity contribution is 0.0464. The van der Waals surface area contributed by atoms with Crippen LogP contribution in [-0.2, 0) is 11.3 Å². The molecular weight excluding hydrogens is 376 g/mol. The molecule has 0 amide bonds. The number of oxazole rings is 1. The van der Waals surface area contributed by atoms with E-state index in [1.807, 2.05) is 17.5 Å². The Morgan fingerprint density at radius 3 is 2.82 bits per heavy atom. The van der Waals surface area contributed by atoms with Crippen molar-refractivity contribution < 1.29 is 18.7 Å². The van der Waals surface area contributed by atoms with Crippen molar-refractivity contribution in [3.05, 3.63) is 83.3 Å². The number of pyridine rings is 1. The molecule has 0 saturated carbocycles. The fraction of sp³-hybridized carbons (Fsp3) is 0.0952. The number of hydrogen-bond acceptors (Lipinski definition) is 7. The van der Waals surface area contributed by atoms with E-state index in [0.717, 1.165) is 4.88 Å². The highest BCUT2D eigenvalue weighted by molar-refractivity contribution is 7.13. The minimum atomic E-state index is -0.500. The fourth-order valence-electron chi connectivity index (χ4n) is 2.54. The predicted octanol–water partition coefficient (Wildman–Crippen LogP) is 5.26. The second kappa shape index (κ2) is 8.06. The van der Waals surface area contributed by atoms with Crippen LogP contribution in [0.15, 0.2) is 70.7 Å². The predicted molar refractivity (Wildman–Crippen MR) is 104 cm³/mol. The molecule has 3 heterocycles. The molecule has 4 rings (SSSR count). The minimum absolute atomic E-state index is 0.0147. The molecule has 4 aromatic rings. The van der Waals surface area contributed by atoms with Crippen LogP contribution in [0.3, 0.4) is 0 Å². The second-order valence-electron chi connectivity index (χ2n) is 5.86. The molecule has 140 valence electrons. The zero-order valence-electron chi connectivity index (χ0n) is 15.0. The Labute approximate surface area is 165 Å². The number of carbonyl (C=O) groups excluding carboxylic acids is 1. The molecule has 0 atom stereocenters. The number of esters is 1. The summed E-state index contributed by atoms with van der Waals surface area (Å²) in [5.41, 5.74) is 0.911. The smallest absolute Gasteiger partial charge is 0.342 e. The van der Waals surface area contributed by atoms with E-state index in [-0.39, 0.29) is 6.61 Å². The summed E-state index contributed by atoms with van der Waals surface area (Å²) >= 11 is 1.54. The molecule has 0 aliphatic rings. The van der Waals surface area contributed by atoms with Crippen molar-refractivity contribution in [2.45, 2.75) is 13.5 Å². The van der Waals surface area contributed by atoms with Gasteiger partial charge in [0.25, 0.3) is 0 Å². The molecular formula is C21H16N2O4S. The van der Waals surface area contributed by atoms with Gasteiger partial charge in [-0.05, 0) is 42.6 Å². The number of aryl methyl sites for hydroxylation is 1. The van der Waals surface area contributed by atoms with E-state index in [2.05, 4.69) is 9.97 Å². The fourth-order valence-corrected chi connectivity index (χ4v) is 3.19. The van der Waals surface area contributed by atoms with Crippen LogP contribution in [-0.4, -0.2) is 15.9 Å². The van der Waals surface area contributed by atoms with Gasteiger partial charge in [0.05, 0.1) is 11.1 Å². The summed E-state index contributed by atoms with van der Waals surface area (Å²) in [5, 5.41) is 1.95. The molecule has 7 heteroatoms. The van der Waals surface area contributed by atoms with E-state index in [1.165, 1.54) is 11.3 Å². The Morgan fingerprint density at radius 1 is 1.14 bits per heavy atom. The highest BCUT2D eigenvalue weighted by atomic mass is 32.1. The third kappa shape index (κ3) is 3.94. The molecule has 0 aliphatic heterocycles. The van der Waals surface area contributed by atoms with Gasteiger partial charge in [-0.1, -0.05) is 18.2 Å². The topological polar surface area (TPSA) is 74.5 Å². The lowest BCUT2D eigenvalue weighted by atomic mass is 10.2. The average Bonchev–Trinajstić information content (AvgIpc) is 3.37. The summed E-state index contributed by atoms with van der Waals surface area (Å²) in [4.78, 5) is 22.0. The summed E-state index contributed by atoms with van der Waals surface area (Å²) in [6.07, 6.45) is 3.23. The van der Waals surface area contributed by atoms with Crippen molar-refractivity contribution in [2.75, 3.05) is 0 Å². The molecule has 0 saturated heterocycles. The molecule has 0 unspecified atom stereocenters.